The molecule has 2 unspecified atom stereocenters. The van der Waals surface area contributed by atoms with Gasteiger partial charge in [0.25, 0.3) is 0 Å². The van der Waals surface area contributed by atoms with Gasteiger partial charge in [-0.25, -0.2) is 0 Å². The molecule has 0 amide bonds. The van der Waals surface area contributed by atoms with Crippen LogP contribution in [0.4, 0.5) is 0 Å². The minimum atomic E-state index is -0.0481. The molecule has 0 spiro atoms. The molecule has 1 saturated heterocycles. The zero-order valence-corrected chi connectivity index (χ0v) is 11.4. The summed E-state index contributed by atoms with van der Waals surface area (Å²) in [6, 6.07) is 0. The van der Waals surface area contributed by atoms with Gasteiger partial charge in [0.2, 0.25) is 0 Å². The van der Waals surface area contributed by atoms with Crippen molar-refractivity contribution in [3.63, 3.8) is 0 Å². The molecule has 0 aromatic rings. The summed E-state index contributed by atoms with van der Waals surface area (Å²) in [5, 5.41) is 3.15. The SMILES string of the molecule is C=C(C)C1OCCC1CN=C(N)NC(C)(C)C. The van der Waals surface area contributed by atoms with Crippen LogP contribution in [-0.2, 0) is 4.74 Å². The third-order valence-electron chi connectivity index (χ3n) is 2.70. The maximum Gasteiger partial charge on any atom is 0.188 e. The van der Waals surface area contributed by atoms with Gasteiger partial charge in [0.15, 0.2) is 5.96 Å². The highest BCUT2D eigenvalue weighted by Gasteiger charge is 2.28. The minimum Gasteiger partial charge on any atom is -0.374 e. The smallest absolute Gasteiger partial charge is 0.188 e. The van der Waals surface area contributed by atoms with E-state index in [0.717, 1.165) is 18.6 Å². The molecule has 0 aliphatic carbocycles. The van der Waals surface area contributed by atoms with Crippen molar-refractivity contribution >= 4 is 5.96 Å². The van der Waals surface area contributed by atoms with Gasteiger partial charge in [0, 0.05) is 24.6 Å². The lowest BCUT2D eigenvalue weighted by Crippen LogP contribution is -2.45. The zero-order chi connectivity index (χ0) is 13.1. The molecule has 2 atom stereocenters. The first kappa shape index (κ1) is 14.0. The van der Waals surface area contributed by atoms with Crippen LogP contribution in [0.25, 0.3) is 0 Å². The second-order valence-electron chi connectivity index (χ2n) is 5.79. The van der Waals surface area contributed by atoms with Gasteiger partial charge >= 0.3 is 0 Å². The predicted molar refractivity (Wildman–Crippen MR) is 72.0 cm³/mol. The average Bonchev–Trinajstić information content (AvgIpc) is 2.59. The number of nitrogens with zero attached hydrogens (tertiary/aromatic N) is 1. The molecule has 0 radical (unpaired) electrons. The fourth-order valence-corrected chi connectivity index (χ4v) is 2.00. The number of hydrogen-bond donors (Lipinski definition) is 2. The van der Waals surface area contributed by atoms with Gasteiger partial charge in [0.05, 0.1) is 6.10 Å². The molecule has 3 N–H and O–H groups in total. The largest absolute Gasteiger partial charge is 0.374 e. The fourth-order valence-electron chi connectivity index (χ4n) is 2.00. The summed E-state index contributed by atoms with van der Waals surface area (Å²) in [5.41, 5.74) is 6.86. The number of ether oxygens (including phenoxy) is 1. The lowest BCUT2D eigenvalue weighted by Gasteiger charge is -2.22. The standard InChI is InChI=1S/C13H25N3O/c1-9(2)11-10(6-7-17-11)8-15-12(14)16-13(3,4)5/h10-11H,1,6-8H2,2-5H3,(H3,14,15,16). The fraction of sp³-hybridized carbons (Fsp3) is 0.769. The number of nitrogens with two attached hydrogens (primary N) is 1. The van der Waals surface area contributed by atoms with E-state index in [1.807, 2.05) is 6.92 Å². The summed E-state index contributed by atoms with van der Waals surface area (Å²) in [4.78, 5) is 4.39. The third kappa shape index (κ3) is 4.77. The molecular formula is C13H25N3O. The summed E-state index contributed by atoms with van der Waals surface area (Å²) < 4.78 is 5.63. The number of hydrogen-bond acceptors (Lipinski definition) is 2. The maximum atomic E-state index is 5.84. The molecule has 17 heavy (non-hydrogen) atoms. The van der Waals surface area contributed by atoms with Crippen LogP contribution in [0.15, 0.2) is 17.1 Å². The Bertz CT molecular complexity index is 304. The lowest BCUT2D eigenvalue weighted by atomic mass is 9.97. The van der Waals surface area contributed by atoms with Crippen molar-refractivity contribution in [3.05, 3.63) is 12.2 Å². The van der Waals surface area contributed by atoms with Crippen molar-refractivity contribution in [2.75, 3.05) is 13.2 Å². The van der Waals surface area contributed by atoms with Crippen LogP contribution < -0.4 is 11.1 Å². The second kappa shape index (κ2) is 5.54. The maximum absolute atomic E-state index is 5.84. The Labute approximate surface area is 104 Å². The summed E-state index contributed by atoms with van der Waals surface area (Å²) >= 11 is 0. The van der Waals surface area contributed by atoms with Crippen molar-refractivity contribution in [3.8, 4) is 0 Å². The Kier molecular flexibility index (Phi) is 4.57. The monoisotopic (exact) mass is 239 g/mol. The molecule has 4 nitrogen and oxygen atoms in total. The van der Waals surface area contributed by atoms with E-state index in [0.29, 0.717) is 18.4 Å². The lowest BCUT2D eigenvalue weighted by molar-refractivity contribution is 0.120. The van der Waals surface area contributed by atoms with Crippen molar-refractivity contribution in [2.24, 2.45) is 16.6 Å². The quantitative estimate of drug-likeness (QED) is 0.447. The molecular weight excluding hydrogens is 214 g/mol. The number of rotatable bonds is 3. The van der Waals surface area contributed by atoms with Crippen LogP contribution in [0.1, 0.15) is 34.1 Å². The number of aliphatic imine (C=N–C) groups is 1. The van der Waals surface area contributed by atoms with Gasteiger partial charge in [-0.3, -0.25) is 4.99 Å². The van der Waals surface area contributed by atoms with Gasteiger partial charge in [0.1, 0.15) is 0 Å². The Hall–Kier alpha value is -1.03. The second-order valence-corrected chi connectivity index (χ2v) is 5.79. The highest BCUT2D eigenvalue weighted by atomic mass is 16.5. The Balaban J connectivity index is 2.49. The molecule has 1 rings (SSSR count). The van der Waals surface area contributed by atoms with Crippen LogP contribution in [0.2, 0.25) is 0 Å². The molecule has 1 fully saturated rings. The molecule has 1 heterocycles. The summed E-state index contributed by atoms with van der Waals surface area (Å²) in [6.45, 7) is 13.6. The molecule has 0 aromatic carbocycles. The van der Waals surface area contributed by atoms with E-state index in [1.54, 1.807) is 0 Å². The number of guanidine groups is 1. The molecule has 98 valence electrons. The summed E-state index contributed by atoms with van der Waals surface area (Å²) in [6.07, 6.45) is 1.17. The van der Waals surface area contributed by atoms with Crippen molar-refractivity contribution in [1.29, 1.82) is 0 Å². The first-order chi connectivity index (χ1) is 7.79. The van der Waals surface area contributed by atoms with Gasteiger partial charge in [-0.1, -0.05) is 12.2 Å². The van der Waals surface area contributed by atoms with Crippen LogP contribution in [0, 0.1) is 5.92 Å². The highest BCUT2D eigenvalue weighted by molar-refractivity contribution is 5.78. The van der Waals surface area contributed by atoms with Crippen LogP contribution in [-0.4, -0.2) is 30.8 Å². The van der Waals surface area contributed by atoms with E-state index in [2.05, 4.69) is 37.7 Å². The Morgan fingerprint density at radius 3 is 2.71 bits per heavy atom. The molecule has 1 aliphatic heterocycles. The normalized spacial score (nSPS) is 26.0. The zero-order valence-electron chi connectivity index (χ0n) is 11.4. The molecule has 0 saturated carbocycles. The highest BCUT2D eigenvalue weighted by Crippen LogP contribution is 2.25. The first-order valence-electron chi connectivity index (χ1n) is 6.14. The van der Waals surface area contributed by atoms with E-state index in [-0.39, 0.29) is 11.6 Å². The van der Waals surface area contributed by atoms with E-state index >= 15 is 0 Å². The van der Waals surface area contributed by atoms with Crippen molar-refractivity contribution < 1.29 is 4.74 Å². The van der Waals surface area contributed by atoms with Gasteiger partial charge < -0.3 is 15.8 Å². The van der Waals surface area contributed by atoms with Crippen LogP contribution >= 0.6 is 0 Å². The summed E-state index contributed by atoms with van der Waals surface area (Å²) in [5.74, 6) is 0.915. The van der Waals surface area contributed by atoms with E-state index in [1.165, 1.54) is 0 Å². The molecule has 0 bridgehead atoms. The van der Waals surface area contributed by atoms with E-state index in [9.17, 15) is 0 Å². The average molecular weight is 239 g/mol. The number of nitrogens with one attached hydrogen (secondary N) is 1. The topological polar surface area (TPSA) is 59.6 Å². The summed E-state index contributed by atoms with van der Waals surface area (Å²) in [7, 11) is 0. The van der Waals surface area contributed by atoms with Crippen LogP contribution in [0.3, 0.4) is 0 Å². The minimum absolute atomic E-state index is 0.0481. The van der Waals surface area contributed by atoms with E-state index < -0.39 is 0 Å². The van der Waals surface area contributed by atoms with Crippen molar-refractivity contribution in [1.82, 2.24) is 5.32 Å². The van der Waals surface area contributed by atoms with Gasteiger partial charge in [-0.15, -0.1) is 0 Å². The third-order valence-corrected chi connectivity index (χ3v) is 2.70. The predicted octanol–water partition coefficient (Wildman–Crippen LogP) is 1.67. The van der Waals surface area contributed by atoms with E-state index in [4.69, 9.17) is 10.5 Å². The first-order valence-corrected chi connectivity index (χ1v) is 6.14. The van der Waals surface area contributed by atoms with Crippen molar-refractivity contribution in [2.45, 2.75) is 45.8 Å². The van der Waals surface area contributed by atoms with Gasteiger partial charge in [-0.2, -0.15) is 0 Å². The molecule has 4 heteroatoms. The Morgan fingerprint density at radius 1 is 1.53 bits per heavy atom. The van der Waals surface area contributed by atoms with Crippen LogP contribution in [0.5, 0.6) is 0 Å². The Morgan fingerprint density at radius 2 is 2.18 bits per heavy atom. The van der Waals surface area contributed by atoms with Gasteiger partial charge in [-0.05, 0) is 34.1 Å². The molecule has 0 aromatic heterocycles. The molecule has 1 aliphatic rings.